The highest BCUT2D eigenvalue weighted by Gasteiger charge is 2.08. The summed E-state index contributed by atoms with van der Waals surface area (Å²) < 4.78 is 6.09. The van der Waals surface area contributed by atoms with E-state index in [2.05, 4.69) is 15.3 Å². The highest BCUT2D eigenvalue weighted by atomic mass is 35.5. The van der Waals surface area contributed by atoms with Crippen LogP contribution in [-0.4, -0.2) is 23.6 Å². The van der Waals surface area contributed by atoms with Crippen LogP contribution in [0.3, 0.4) is 0 Å². The van der Waals surface area contributed by atoms with Crippen molar-refractivity contribution >= 4 is 28.8 Å². The molecule has 0 spiro atoms. The van der Waals surface area contributed by atoms with Gasteiger partial charge in [-0.15, -0.1) is 11.3 Å². The normalized spacial score (nSPS) is 10.6. The Morgan fingerprint density at radius 3 is 2.83 bits per heavy atom. The molecular weight excluding hydrogens is 270 g/mol. The quantitative estimate of drug-likeness (QED) is 0.913. The van der Waals surface area contributed by atoms with E-state index in [9.17, 15) is 0 Å². The van der Waals surface area contributed by atoms with Gasteiger partial charge in [-0.05, 0) is 19.1 Å². The fourth-order valence-corrected chi connectivity index (χ4v) is 2.47. The Morgan fingerprint density at radius 2 is 2.22 bits per heavy atom. The molecule has 2 rings (SSSR count). The first-order valence-electron chi connectivity index (χ1n) is 5.62. The van der Waals surface area contributed by atoms with Gasteiger partial charge in [-0.25, -0.2) is 9.97 Å². The van der Waals surface area contributed by atoms with Crippen molar-refractivity contribution in [3.63, 3.8) is 0 Å². The third-order valence-electron chi connectivity index (χ3n) is 2.29. The largest absolute Gasteiger partial charge is 0.374 e. The molecule has 2 aromatic heterocycles. The van der Waals surface area contributed by atoms with Crippen LogP contribution in [0.2, 0.25) is 4.34 Å². The van der Waals surface area contributed by atoms with Crippen molar-refractivity contribution in [3.05, 3.63) is 28.4 Å². The summed E-state index contributed by atoms with van der Waals surface area (Å²) in [6, 6.07) is 5.72. The fraction of sp³-hybridized carbons (Fsp3) is 0.333. The summed E-state index contributed by atoms with van der Waals surface area (Å²) in [4.78, 5) is 9.85. The van der Waals surface area contributed by atoms with E-state index in [1.807, 2.05) is 32.2 Å². The van der Waals surface area contributed by atoms with Gasteiger partial charge in [-0.2, -0.15) is 0 Å². The van der Waals surface area contributed by atoms with Gasteiger partial charge in [0.2, 0.25) is 0 Å². The first kappa shape index (κ1) is 13.3. The van der Waals surface area contributed by atoms with Gasteiger partial charge in [0.05, 0.1) is 14.9 Å². The number of hydrogen-bond donors (Lipinski definition) is 1. The Morgan fingerprint density at radius 1 is 1.39 bits per heavy atom. The van der Waals surface area contributed by atoms with Crippen molar-refractivity contribution in [2.24, 2.45) is 0 Å². The van der Waals surface area contributed by atoms with Gasteiger partial charge in [0.25, 0.3) is 0 Å². The highest BCUT2D eigenvalue weighted by molar-refractivity contribution is 7.19. The zero-order valence-corrected chi connectivity index (χ0v) is 11.8. The predicted octanol–water partition coefficient (Wildman–Crippen LogP) is 3.44. The molecule has 0 fully saturated rings. The molecule has 96 valence electrons. The molecule has 0 aromatic carbocycles. The molecule has 0 unspecified atom stereocenters. The molecule has 0 saturated carbocycles. The minimum absolute atomic E-state index is 0.415. The van der Waals surface area contributed by atoms with Crippen LogP contribution < -0.4 is 5.32 Å². The van der Waals surface area contributed by atoms with Gasteiger partial charge >= 0.3 is 0 Å². The SMILES string of the molecule is CCOCc1nc(NC)cc(-c2ccc(Cl)s2)n1. The number of hydrogen-bond acceptors (Lipinski definition) is 5. The Labute approximate surface area is 115 Å². The van der Waals surface area contributed by atoms with E-state index in [0.717, 1.165) is 20.7 Å². The summed E-state index contributed by atoms with van der Waals surface area (Å²) in [7, 11) is 1.83. The lowest BCUT2D eigenvalue weighted by atomic mass is 10.3. The molecule has 18 heavy (non-hydrogen) atoms. The molecule has 0 saturated heterocycles. The summed E-state index contributed by atoms with van der Waals surface area (Å²) >= 11 is 7.44. The van der Waals surface area contributed by atoms with Crippen LogP contribution in [0, 0.1) is 0 Å². The van der Waals surface area contributed by atoms with Crippen molar-refractivity contribution in [2.45, 2.75) is 13.5 Å². The van der Waals surface area contributed by atoms with Crippen LogP contribution in [0.1, 0.15) is 12.7 Å². The van der Waals surface area contributed by atoms with Gasteiger partial charge < -0.3 is 10.1 Å². The summed E-state index contributed by atoms with van der Waals surface area (Å²) in [5.74, 6) is 1.45. The van der Waals surface area contributed by atoms with Crippen LogP contribution in [0.15, 0.2) is 18.2 Å². The maximum Gasteiger partial charge on any atom is 0.157 e. The van der Waals surface area contributed by atoms with E-state index in [-0.39, 0.29) is 0 Å². The van der Waals surface area contributed by atoms with Gasteiger partial charge in [0, 0.05) is 19.7 Å². The molecule has 0 amide bonds. The van der Waals surface area contributed by atoms with E-state index < -0.39 is 0 Å². The average molecular weight is 284 g/mol. The highest BCUT2D eigenvalue weighted by Crippen LogP contribution is 2.30. The number of halogens is 1. The molecule has 0 aliphatic rings. The topological polar surface area (TPSA) is 47.0 Å². The zero-order valence-electron chi connectivity index (χ0n) is 10.2. The monoisotopic (exact) mass is 283 g/mol. The number of thiophene rings is 1. The molecule has 0 aliphatic carbocycles. The summed E-state index contributed by atoms with van der Waals surface area (Å²) in [5, 5.41) is 3.03. The van der Waals surface area contributed by atoms with E-state index >= 15 is 0 Å². The lowest BCUT2D eigenvalue weighted by Crippen LogP contribution is -2.03. The summed E-state index contributed by atoms with van der Waals surface area (Å²) in [5.41, 5.74) is 0.862. The van der Waals surface area contributed by atoms with E-state index in [1.165, 1.54) is 11.3 Å². The van der Waals surface area contributed by atoms with E-state index in [1.54, 1.807) is 0 Å². The zero-order chi connectivity index (χ0) is 13.0. The Balaban J connectivity index is 2.34. The molecule has 0 bridgehead atoms. The molecule has 2 aromatic rings. The molecule has 0 radical (unpaired) electrons. The minimum Gasteiger partial charge on any atom is -0.374 e. The van der Waals surface area contributed by atoms with E-state index in [0.29, 0.717) is 19.0 Å². The second kappa shape index (κ2) is 6.13. The smallest absolute Gasteiger partial charge is 0.157 e. The lowest BCUT2D eigenvalue weighted by Gasteiger charge is -2.06. The molecule has 0 aliphatic heterocycles. The second-order valence-corrected chi connectivity index (χ2v) is 5.26. The van der Waals surface area contributed by atoms with Gasteiger partial charge in [0.1, 0.15) is 12.4 Å². The molecule has 1 N–H and O–H groups in total. The average Bonchev–Trinajstić information content (AvgIpc) is 2.82. The first-order valence-corrected chi connectivity index (χ1v) is 6.81. The predicted molar refractivity (Wildman–Crippen MR) is 75.2 cm³/mol. The van der Waals surface area contributed by atoms with Crippen LogP contribution in [0.4, 0.5) is 5.82 Å². The maximum absolute atomic E-state index is 5.94. The Kier molecular flexibility index (Phi) is 4.52. The van der Waals surface area contributed by atoms with Crippen molar-refractivity contribution in [2.75, 3.05) is 19.0 Å². The first-order chi connectivity index (χ1) is 8.72. The number of ether oxygens (including phenoxy) is 1. The van der Waals surface area contributed by atoms with Crippen LogP contribution in [-0.2, 0) is 11.3 Å². The molecule has 0 atom stereocenters. The van der Waals surface area contributed by atoms with Crippen molar-refractivity contribution in [3.8, 4) is 10.6 Å². The molecule has 2 heterocycles. The summed E-state index contributed by atoms with van der Waals surface area (Å²) in [6.45, 7) is 3.01. The van der Waals surface area contributed by atoms with E-state index in [4.69, 9.17) is 16.3 Å². The van der Waals surface area contributed by atoms with Crippen molar-refractivity contribution in [1.29, 1.82) is 0 Å². The second-order valence-electron chi connectivity index (χ2n) is 3.55. The summed E-state index contributed by atoms with van der Waals surface area (Å²) in [6.07, 6.45) is 0. The number of nitrogens with zero attached hydrogens (tertiary/aromatic N) is 2. The number of rotatable bonds is 5. The van der Waals surface area contributed by atoms with Gasteiger partial charge in [-0.3, -0.25) is 0 Å². The third-order valence-corrected chi connectivity index (χ3v) is 3.54. The Hall–Kier alpha value is -1.17. The van der Waals surface area contributed by atoms with Gasteiger partial charge in [0.15, 0.2) is 5.82 Å². The van der Waals surface area contributed by atoms with Crippen LogP contribution in [0.5, 0.6) is 0 Å². The van der Waals surface area contributed by atoms with Crippen molar-refractivity contribution in [1.82, 2.24) is 9.97 Å². The van der Waals surface area contributed by atoms with Crippen LogP contribution in [0.25, 0.3) is 10.6 Å². The molecule has 4 nitrogen and oxygen atoms in total. The minimum atomic E-state index is 0.415. The Bertz CT molecular complexity index is 530. The third kappa shape index (κ3) is 3.19. The number of anilines is 1. The molecular formula is C12H14ClN3OS. The lowest BCUT2D eigenvalue weighted by molar-refractivity contribution is 0.128. The number of nitrogens with one attached hydrogen (secondary N) is 1. The fourth-order valence-electron chi connectivity index (χ4n) is 1.46. The number of aromatic nitrogens is 2. The molecule has 6 heteroatoms. The van der Waals surface area contributed by atoms with Crippen molar-refractivity contribution < 1.29 is 4.74 Å². The maximum atomic E-state index is 5.94. The van der Waals surface area contributed by atoms with Crippen LogP contribution >= 0.6 is 22.9 Å². The standard InChI is InChI=1S/C12H14ClN3OS/c1-3-17-7-12-15-8(6-11(14-2)16-12)9-4-5-10(13)18-9/h4-6H,3,7H2,1-2H3,(H,14,15,16). The van der Waals surface area contributed by atoms with Gasteiger partial charge in [-0.1, -0.05) is 11.6 Å².